The molecule has 0 radical (unpaired) electrons. The van der Waals surface area contributed by atoms with Gasteiger partial charge in [0.25, 0.3) is 0 Å². The fourth-order valence-corrected chi connectivity index (χ4v) is 2.48. The van der Waals surface area contributed by atoms with Crippen molar-refractivity contribution in [3.05, 3.63) is 0 Å². The van der Waals surface area contributed by atoms with Crippen molar-refractivity contribution < 1.29 is 27.7 Å². The van der Waals surface area contributed by atoms with Gasteiger partial charge in [0.1, 0.15) is 6.61 Å². The Kier molecular flexibility index (Phi) is 15.1. The Hall–Kier alpha value is 2.03. The Labute approximate surface area is 147 Å². The second-order valence-electron chi connectivity index (χ2n) is 4.08. The fourth-order valence-electron chi connectivity index (χ4n) is 2.01. The summed E-state index contributed by atoms with van der Waals surface area (Å²) in [5.41, 5.74) is 0. The summed E-state index contributed by atoms with van der Waals surface area (Å²) in [6.45, 7) is 3.44. The summed E-state index contributed by atoms with van der Waals surface area (Å²) in [6.07, 6.45) is 4.76. The number of rotatable bonds is 6. The van der Waals surface area contributed by atoms with Gasteiger partial charge in [-0.25, -0.2) is 14.0 Å². The van der Waals surface area contributed by atoms with Crippen LogP contribution in [0.5, 0.6) is 0 Å². The van der Waals surface area contributed by atoms with E-state index in [2.05, 4.69) is 51.8 Å². The molecule has 0 aromatic heterocycles. The molecule has 0 aromatic rings. The molecule has 1 heterocycles. The van der Waals surface area contributed by atoms with Crippen LogP contribution in [-0.2, 0) is 34.6 Å². The molecular weight excluding hydrogens is 535 g/mol. The summed E-state index contributed by atoms with van der Waals surface area (Å²) in [6, 6.07) is 0.127. The van der Waals surface area contributed by atoms with E-state index >= 15 is 0 Å². The van der Waals surface area contributed by atoms with E-state index in [-0.39, 0.29) is 6.04 Å². The van der Waals surface area contributed by atoms with Crippen molar-refractivity contribution in [2.45, 2.75) is 32.2 Å². The molecular formula is C10H21I2NO4SV. The Bertz CT molecular complexity index is 254. The van der Waals surface area contributed by atoms with Crippen LogP contribution in [-0.4, -0.2) is 41.8 Å². The third kappa shape index (κ3) is 10.4. The first-order chi connectivity index (χ1) is 9.08. The zero-order valence-electron chi connectivity index (χ0n) is 11.4. The van der Waals surface area contributed by atoms with E-state index in [0.717, 1.165) is 25.8 Å². The Morgan fingerprint density at radius 3 is 2.58 bits per heavy atom. The maximum absolute atomic E-state index is 11.1. The zero-order chi connectivity index (χ0) is 14.7. The van der Waals surface area contributed by atoms with Crippen molar-refractivity contribution >= 4 is 51.0 Å². The van der Waals surface area contributed by atoms with Crippen molar-refractivity contribution in [2.75, 3.05) is 26.5 Å². The molecule has 0 spiro atoms. The minimum absolute atomic E-state index is 0.127. The molecule has 115 valence electrons. The van der Waals surface area contributed by atoms with Crippen molar-refractivity contribution in [2.24, 2.45) is 5.92 Å². The number of hydrogen-bond donors (Lipinski definition) is 0. The van der Waals surface area contributed by atoms with Gasteiger partial charge in [0.15, 0.2) is 11.1 Å². The molecule has 1 saturated heterocycles. The summed E-state index contributed by atoms with van der Waals surface area (Å²) in [5, 5.41) is 1.77. The molecule has 0 N–H and O–H groups in total. The summed E-state index contributed by atoms with van der Waals surface area (Å²) in [7, 11) is 2.12. The van der Waals surface area contributed by atoms with Crippen molar-refractivity contribution in [1.82, 2.24) is 5.06 Å². The minimum atomic E-state index is -1.27. The van der Waals surface area contributed by atoms with Crippen molar-refractivity contribution in [1.29, 1.82) is 0 Å². The fraction of sp³-hybridized carbons (Fsp3) is 1.00. The summed E-state index contributed by atoms with van der Waals surface area (Å²) in [4.78, 5) is 9.57. The maximum atomic E-state index is 11.1. The molecule has 19 heavy (non-hydrogen) atoms. The number of halogens is 2. The molecule has 5 nitrogen and oxygen atoms in total. The molecule has 1 aliphatic rings. The third-order valence-corrected chi connectivity index (χ3v) is 3.33. The Morgan fingerprint density at radius 2 is 2.11 bits per heavy atom. The first-order valence-electron chi connectivity index (χ1n) is 5.95. The van der Waals surface area contributed by atoms with Crippen LogP contribution in [0.15, 0.2) is 0 Å². The molecule has 1 aliphatic heterocycles. The molecule has 1 fully saturated rings. The number of hydroxylamine groups is 2. The van der Waals surface area contributed by atoms with Crippen LogP contribution in [0.1, 0.15) is 26.2 Å². The SMILES string of the molecule is CCC1CCN(OS(C)=O)C(COOC)C1.[I][V][I]. The number of hydrogen-bond acceptors (Lipinski definition) is 5. The van der Waals surface area contributed by atoms with Crippen LogP contribution in [0, 0.1) is 5.92 Å². The van der Waals surface area contributed by atoms with Crippen LogP contribution in [0.4, 0.5) is 0 Å². The second kappa shape index (κ2) is 13.7. The Morgan fingerprint density at radius 1 is 1.47 bits per heavy atom. The van der Waals surface area contributed by atoms with Crippen LogP contribution >= 0.6 is 40.0 Å². The molecule has 0 aromatic carbocycles. The predicted octanol–water partition coefficient (Wildman–Crippen LogP) is 3.05. The monoisotopic (exact) mass is 556 g/mol. The Balaban J connectivity index is 0.000000982. The van der Waals surface area contributed by atoms with E-state index in [1.165, 1.54) is 13.4 Å². The van der Waals surface area contributed by atoms with E-state index < -0.39 is 11.1 Å². The van der Waals surface area contributed by atoms with Crippen LogP contribution in [0.3, 0.4) is 0 Å². The van der Waals surface area contributed by atoms with Gasteiger partial charge in [0.2, 0.25) is 0 Å². The van der Waals surface area contributed by atoms with E-state index in [9.17, 15) is 4.21 Å². The molecule has 3 atom stereocenters. The van der Waals surface area contributed by atoms with Crippen LogP contribution < -0.4 is 0 Å². The summed E-state index contributed by atoms with van der Waals surface area (Å²) < 4.78 is 16.3. The van der Waals surface area contributed by atoms with Crippen molar-refractivity contribution in [3.8, 4) is 0 Å². The molecule has 0 amide bonds. The predicted molar refractivity (Wildman–Crippen MR) is 89.7 cm³/mol. The van der Waals surface area contributed by atoms with Crippen molar-refractivity contribution in [3.63, 3.8) is 0 Å². The molecule has 9 heteroatoms. The average molecular weight is 556 g/mol. The zero-order valence-corrected chi connectivity index (χ0v) is 17.9. The standard InChI is InChI=1S/C10H21NO4S.2HI.V/c1-4-9-5-6-11(15-16(3)12)10(7-9)8-14-13-2;;;/h9-10H,4-8H2,1-3H3;2*1H;/q;;;+2/p-2. The molecule has 1 rings (SSSR count). The van der Waals surface area contributed by atoms with Gasteiger partial charge >= 0.3 is 49.4 Å². The van der Waals surface area contributed by atoms with Gasteiger partial charge in [0.05, 0.1) is 13.2 Å². The van der Waals surface area contributed by atoms with Gasteiger partial charge in [-0.3, -0.25) is 0 Å². The molecule has 0 saturated carbocycles. The molecule has 0 aliphatic carbocycles. The third-order valence-electron chi connectivity index (χ3n) is 2.93. The van der Waals surface area contributed by atoms with Gasteiger partial charge in [-0.05, 0) is 18.8 Å². The number of nitrogens with zero attached hydrogens (tertiary/aromatic N) is 1. The van der Waals surface area contributed by atoms with Crippen LogP contribution in [0.25, 0.3) is 0 Å². The summed E-state index contributed by atoms with van der Waals surface area (Å²) in [5.74, 6) is 0.690. The molecule has 0 bridgehead atoms. The second-order valence-corrected chi connectivity index (χ2v) is 16.8. The normalized spacial score (nSPS) is 25.3. The first kappa shape index (κ1) is 21.0. The number of piperidine rings is 1. The van der Waals surface area contributed by atoms with Gasteiger partial charge < -0.3 is 0 Å². The summed E-state index contributed by atoms with van der Waals surface area (Å²) >= 11 is 3.46. The van der Waals surface area contributed by atoms with Gasteiger partial charge in [0, 0.05) is 12.8 Å². The van der Waals surface area contributed by atoms with E-state index in [1.54, 1.807) is 5.06 Å². The first-order valence-corrected chi connectivity index (χ1v) is 16.4. The molecule has 3 unspecified atom stereocenters. The van der Waals surface area contributed by atoms with E-state index in [1.807, 2.05) is 0 Å². The topological polar surface area (TPSA) is 48.0 Å². The van der Waals surface area contributed by atoms with E-state index in [0.29, 0.717) is 22.0 Å². The van der Waals surface area contributed by atoms with E-state index in [4.69, 9.17) is 9.17 Å². The average Bonchev–Trinajstić information content (AvgIpc) is 2.38. The van der Waals surface area contributed by atoms with Gasteiger partial charge in [-0.15, -0.1) is 0 Å². The van der Waals surface area contributed by atoms with Gasteiger partial charge in [-0.2, -0.15) is 9.35 Å². The quantitative estimate of drug-likeness (QED) is 0.286. The van der Waals surface area contributed by atoms with Gasteiger partial charge in [-0.1, -0.05) is 13.3 Å². The van der Waals surface area contributed by atoms with Crippen LogP contribution in [0.2, 0.25) is 0 Å².